The lowest BCUT2D eigenvalue weighted by molar-refractivity contribution is -0.130. The number of carbonyl (C=O) groups excluding carboxylic acids is 2. The van der Waals surface area contributed by atoms with Crippen molar-refractivity contribution in [2.45, 2.75) is 13.8 Å². The van der Waals surface area contributed by atoms with Crippen molar-refractivity contribution in [2.75, 3.05) is 9.80 Å². The van der Waals surface area contributed by atoms with Crippen LogP contribution in [0.5, 0.6) is 11.5 Å². The number of nitrogens with zero attached hydrogens (tertiary/aromatic N) is 2. The van der Waals surface area contributed by atoms with Crippen molar-refractivity contribution in [3.05, 3.63) is 255 Å². The van der Waals surface area contributed by atoms with Gasteiger partial charge in [-0.25, -0.2) is 9.59 Å². The summed E-state index contributed by atoms with van der Waals surface area (Å²) in [6.07, 6.45) is 0. The quantitative estimate of drug-likeness (QED) is 0.0653. The third kappa shape index (κ3) is 9.61. The molecule has 70 heavy (non-hydrogen) atoms. The second-order valence-electron chi connectivity index (χ2n) is 17.3. The second kappa shape index (κ2) is 19.5. The Hall–Kier alpha value is -9.26. The van der Waals surface area contributed by atoms with Gasteiger partial charge in [0.1, 0.15) is 11.5 Å². The Morgan fingerprint density at radius 2 is 0.571 bits per heavy atom. The first-order valence-corrected chi connectivity index (χ1v) is 23.1. The minimum Gasteiger partial charge on any atom is -0.423 e. The van der Waals surface area contributed by atoms with Crippen molar-refractivity contribution in [1.29, 1.82) is 0 Å². The van der Waals surface area contributed by atoms with Crippen LogP contribution >= 0.6 is 0 Å². The maximum Gasteiger partial charge on any atom is 0.338 e. The average molecular weight is 909 g/mol. The summed E-state index contributed by atoms with van der Waals surface area (Å²) in [5.74, 6) is -0.00898. The number of fused-ring (bicyclic) bond motifs is 2. The van der Waals surface area contributed by atoms with Crippen molar-refractivity contribution >= 4 is 67.6 Å². The van der Waals surface area contributed by atoms with Gasteiger partial charge in [-0.2, -0.15) is 0 Å². The molecule has 0 radical (unpaired) electrons. The largest absolute Gasteiger partial charge is 0.423 e. The van der Waals surface area contributed by atoms with Gasteiger partial charge in [0.2, 0.25) is 0 Å². The van der Waals surface area contributed by atoms with Crippen LogP contribution in [0.1, 0.15) is 13.8 Å². The van der Waals surface area contributed by atoms with E-state index >= 15 is 0 Å². The summed E-state index contributed by atoms with van der Waals surface area (Å²) in [4.78, 5) is 29.1. The van der Waals surface area contributed by atoms with Gasteiger partial charge in [-0.3, -0.25) is 0 Å². The Morgan fingerprint density at radius 3 is 0.886 bits per heavy atom. The van der Waals surface area contributed by atoms with E-state index in [1.165, 1.54) is 11.1 Å². The Morgan fingerprint density at radius 1 is 0.314 bits per heavy atom. The van der Waals surface area contributed by atoms with Crippen LogP contribution in [0.2, 0.25) is 0 Å². The minimum atomic E-state index is -0.462. The molecule has 0 saturated carbocycles. The van der Waals surface area contributed by atoms with Crippen molar-refractivity contribution < 1.29 is 19.1 Å². The van der Waals surface area contributed by atoms with Gasteiger partial charge in [-0.15, -0.1) is 0 Å². The molecular formula is C64H48N2O4. The number of ether oxygens (including phenoxy) is 2. The summed E-state index contributed by atoms with van der Waals surface area (Å²) < 4.78 is 11.1. The van der Waals surface area contributed by atoms with Crippen molar-refractivity contribution in [1.82, 2.24) is 0 Å². The van der Waals surface area contributed by atoms with Crippen LogP contribution in [0.25, 0.3) is 54.9 Å². The molecule has 0 spiro atoms. The zero-order chi connectivity index (χ0) is 48.1. The molecular weight excluding hydrogens is 861 g/mol. The Balaban J connectivity index is 0.979. The molecule has 6 nitrogen and oxygen atoms in total. The molecule has 0 aromatic heterocycles. The van der Waals surface area contributed by atoms with E-state index in [9.17, 15) is 9.59 Å². The summed E-state index contributed by atoms with van der Waals surface area (Å²) >= 11 is 0. The fraction of sp³-hybridized carbons (Fsp3) is 0.0312. The minimum absolute atomic E-state index is 0.335. The van der Waals surface area contributed by atoms with Gasteiger partial charge in [-0.1, -0.05) is 147 Å². The fourth-order valence-electron chi connectivity index (χ4n) is 8.58. The molecule has 0 atom stereocenters. The first-order chi connectivity index (χ1) is 34.1. The Kier molecular flexibility index (Phi) is 12.4. The van der Waals surface area contributed by atoms with Gasteiger partial charge < -0.3 is 19.3 Å². The topological polar surface area (TPSA) is 59.1 Å². The first kappa shape index (κ1) is 44.6. The van der Waals surface area contributed by atoms with E-state index < -0.39 is 11.9 Å². The van der Waals surface area contributed by atoms with E-state index in [0.29, 0.717) is 22.6 Å². The summed E-state index contributed by atoms with van der Waals surface area (Å²) in [5.41, 5.74) is 13.5. The number of benzene rings is 10. The molecule has 10 aromatic rings. The molecule has 338 valence electrons. The number of hydrogen-bond acceptors (Lipinski definition) is 6. The number of esters is 2. The zero-order valence-electron chi connectivity index (χ0n) is 38.9. The molecule has 0 aliphatic carbocycles. The smallest absolute Gasteiger partial charge is 0.338 e. The molecule has 0 bridgehead atoms. The highest BCUT2D eigenvalue weighted by molar-refractivity contribution is 5.95. The highest BCUT2D eigenvalue weighted by Gasteiger charge is 2.18. The van der Waals surface area contributed by atoms with Gasteiger partial charge in [0.25, 0.3) is 0 Å². The summed E-state index contributed by atoms with van der Waals surface area (Å²) in [6, 6.07) is 79.5. The normalized spacial score (nSPS) is 10.9. The van der Waals surface area contributed by atoms with E-state index in [1.54, 1.807) is 26.0 Å². The predicted octanol–water partition coefficient (Wildman–Crippen LogP) is 16.9. The third-order valence-corrected chi connectivity index (χ3v) is 12.3. The molecule has 10 aromatic carbocycles. The third-order valence-electron chi connectivity index (χ3n) is 12.3. The van der Waals surface area contributed by atoms with Gasteiger partial charge in [0.05, 0.1) is 0 Å². The monoisotopic (exact) mass is 908 g/mol. The molecule has 0 amide bonds. The molecule has 10 rings (SSSR count). The van der Waals surface area contributed by atoms with Gasteiger partial charge in [-0.05, 0) is 166 Å². The van der Waals surface area contributed by atoms with Crippen LogP contribution < -0.4 is 19.3 Å². The van der Waals surface area contributed by atoms with E-state index in [-0.39, 0.29) is 0 Å². The first-order valence-electron chi connectivity index (χ1n) is 23.1. The predicted molar refractivity (Wildman–Crippen MR) is 288 cm³/mol. The summed E-state index contributed by atoms with van der Waals surface area (Å²) in [5, 5.41) is 3.81. The van der Waals surface area contributed by atoms with E-state index in [4.69, 9.17) is 9.47 Å². The number of anilines is 6. The molecule has 0 fully saturated rings. The van der Waals surface area contributed by atoms with E-state index in [2.05, 4.69) is 193 Å². The van der Waals surface area contributed by atoms with Crippen molar-refractivity contribution in [3.63, 3.8) is 0 Å². The van der Waals surface area contributed by atoms with Crippen LogP contribution in [0.3, 0.4) is 0 Å². The van der Waals surface area contributed by atoms with E-state index in [0.717, 1.165) is 77.9 Å². The number of hydrogen-bond donors (Lipinski definition) is 0. The summed E-state index contributed by atoms with van der Waals surface area (Å²) in [7, 11) is 0. The Labute approximate surface area is 408 Å². The lowest BCUT2D eigenvalue weighted by Crippen LogP contribution is -2.10. The van der Waals surface area contributed by atoms with Crippen LogP contribution in [-0.2, 0) is 9.59 Å². The lowest BCUT2D eigenvalue weighted by Gasteiger charge is -2.27. The van der Waals surface area contributed by atoms with Crippen LogP contribution in [0, 0.1) is 0 Å². The van der Waals surface area contributed by atoms with Crippen molar-refractivity contribution in [2.24, 2.45) is 0 Å². The standard InChI is InChI=1S/C64H48N2O4/c1-43(2)63(67)69-61-37-25-51-39-59(35-23-53(51)41-61)66(60-36-24-54-42-62(38-26-52(54)40-60)70-64(68)44(3)4)58-33-21-50(22-34-58)49-19-31-57(32-20-49)65(55-27-15-47(16-28-55)45-11-7-5-8-12-45)56-29-17-48(18-30-56)46-13-9-6-10-14-46/h5-42H,1,3H2,2,4H3. The number of rotatable bonds is 13. The molecule has 0 N–H and O–H groups in total. The highest BCUT2D eigenvalue weighted by atomic mass is 16.5. The van der Waals surface area contributed by atoms with Gasteiger partial charge >= 0.3 is 11.9 Å². The molecule has 0 aliphatic rings. The highest BCUT2D eigenvalue weighted by Crippen LogP contribution is 2.41. The summed E-state index contributed by atoms with van der Waals surface area (Å²) in [6.45, 7) is 10.7. The number of carbonyl (C=O) groups is 2. The van der Waals surface area contributed by atoms with Gasteiger partial charge in [0.15, 0.2) is 0 Å². The van der Waals surface area contributed by atoms with Crippen LogP contribution in [0.4, 0.5) is 34.1 Å². The lowest BCUT2D eigenvalue weighted by atomic mass is 10.0. The second-order valence-corrected chi connectivity index (χ2v) is 17.3. The Bertz CT molecular complexity index is 3360. The van der Waals surface area contributed by atoms with E-state index in [1.807, 2.05) is 48.5 Å². The van der Waals surface area contributed by atoms with Crippen LogP contribution in [-0.4, -0.2) is 11.9 Å². The van der Waals surface area contributed by atoms with Crippen LogP contribution in [0.15, 0.2) is 255 Å². The van der Waals surface area contributed by atoms with Gasteiger partial charge in [0, 0.05) is 45.3 Å². The zero-order valence-corrected chi connectivity index (χ0v) is 38.9. The fourth-order valence-corrected chi connectivity index (χ4v) is 8.58. The molecule has 0 unspecified atom stereocenters. The average Bonchev–Trinajstić information content (AvgIpc) is 3.40. The molecule has 0 saturated heterocycles. The SMILES string of the molecule is C=C(C)C(=O)Oc1ccc2cc(N(c3ccc(-c4ccc(N(c5ccc(-c6ccccc6)cc5)c5ccc(-c6ccccc6)cc5)cc4)cc3)c3ccc4cc(OC(=O)C(=C)C)ccc4c3)ccc2c1. The van der Waals surface area contributed by atoms with Crippen molar-refractivity contribution in [3.8, 4) is 44.9 Å². The molecule has 6 heteroatoms. The molecule has 0 heterocycles. The maximum atomic E-state index is 12.3. The molecule has 0 aliphatic heterocycles. The maximum absolute atomic E-state index is 12.3.